The van der Waals surface area contributed by atoms with Gasteiger partial charge in [-0.2, -0.15) is 5.26 Å². The van der Waals surface area contributed by atoms with Crippen LogP contribution in [0.5, 0.6) is 0 Å². The van der Waals surface area contributed by atoms with Crippen LogP contribution in [0, 0.1) is 21.4 Å². The lowest BCUT2D eigenvalue weighted by Gasteiger charge is -2.25. The van der Waals surface area contributed by atoms with Crippen molar-refractivity contribution in [3.05, 3.63) is 33.9 Å². The Labute approximate surface area is 98.9 Å². The van der Waals surface area contributed by atoms with E-state index in [0.29, 0.717) is 11.3 Å². The molecule has 1 aromatic rings. The molecule has 0 aromatic heterocycles. The summed E-state index contributed by atoms with van der Waals surface area (Å²) in [7, 11) is 1.64. The van der Waals surface area contributed by atoms with Gasteiger partial charge in [0.2, 0.25) is 0 Å². The maximum Gasteiger partial charge on any atom is 0.292 e. The molecule has 1 rings (SSSR count). The average molecular weight is 235 g/mol. The third-order valence-electron chi connectivity index (χ3n) is 2.61. The number of nitrogens with zero attached hydrogens (tertiary/aromatic N) is 3. The van der Waals surface area contributed by atoms with Gasteiger partial charge < -0.3 is 10.0 Å². The summed E-state index contributed by atoms with van der Waals surface area (Å²) in [4.78, 5) is 11.9. The van der Waals surface area contributed by atoms with Crippen LogP contribution in [0.15, 0.2) is 18.2 Å². The van der Waals surface area contributed by atoms with Crippen molar-refractivity contribution < 1.29 is 10.0 Å². The SMILES string of the molecule is CC(CO)N(C)c1cc(C#N)ccc1[N+](=O)[O-]. The van der Waals surface area contributed by atoms with E-state index in [1.165, 1.54) is 18.2 Å². The van der Waals surface area contributed by atoms with Gasteiger partial charge in [0.25, 0.3) is 5.69 Å². The molecule has 1 unspecified atom stereocenters. The van der Waals surface area contributed by atoms with Gasteiger partial charge in [-0.1, -0.05) is 0 Å². The maximum absolute atomic E-state index is 10.9. The van der Waals surface area contributed by atoms with E-state index in [1.807, 2.05) is 6.07 Å². The monoisotopic (exact) mass is 235 g/mol. The van der Waals surface area contributed by atoms with E-state index >= 15 is 0 Å². The molecule has 0 spiro atoms. The summed E-state index contributed by atoms with van der Waals surface area (Å²) in [6, 6.07) is 5.82. The van der Waals surface area contributed by atoms with Crippen molar-refractivity contribution in [1.82, 2.24) is 0 Å². The minimum Gasteiger partial charge on any atom is -0.394 e. The number of aliphatic hydroxyl groups is 1. The lowest BCUT2D eigenvalue weighted by atomic mass is 10.1. The van der Waals surface area contributed by atoms with Crippen molar-refractivity contribution in [2.75, 3.05) is 18.6 Å². The summed E-state index contributed by atoms with van der Waals surface area (Å²) in [5.41, 5.74) is 0.602. The standard InChI is InChI=1S/C11H13N3O3/c1-8(7-15)13(2)11-5-9(6-12)3-4-10(11)14(16)17/h3-5,8,15H,7H2,1-2H3. The highest BCUT2D eigenvalue weighted by molar-refractivity contribution is 5.66. The summed E-state index contributed by atoms with van der Waals surface area (Å²) in [5.74, 6) is 0. The number of nitro groups is 1. The van der Waals surface area contributed by atoms with Gasteiger partial charge in [0.15, 0.2) is 0 Å². The number of rotatable bonds is 4. The number of likely N-dealkylation sites (N-methyl/N-ethyl adjacent to an activating group) is 1. The normalized spacial score (nSPS) is 11.6. The van der Waals surface area contributed by atoms with Gasteiger partial charge in [0.1, 0.15) is 5.69 Å². The Bertz CT molecular complexity index is 468. The van der Waals surface area contributed by atoms with Crippen LogP contribution in [0.4, 0.5) is 11.4 Å². The van der Waals surface area contributed by atoms with Crippen LogP contribution in [-0.2, 0) is 0 Å². The van der Waals surface area contributed by atoms with Gasteiger partial charge in [-0.3, -0.25) is 10.1 Å². The van der Waals surface area contributed by atoms with Crippen molar-refractivity contribution in [3.63, 3.8) is 0 Å². The highest BCUT2D eigenvalue weighted by Crippen LogP contribution is 2.29. The topological polar surface area (TPSA) is 90.4 Å². The predicted molar refractivity (Wildman–Crippen MR) is 62.8 cm³/mol. The van der Waals surface area contributed by atoms with Gasteiger partial charge in [0.05, 0.1) is 23.2 Å². The first-order chi connectivity index (χ1) is 8.01. The zero-order valence-corrected chi connectivity index (χ0v) is 9.62. The molecule has 6 nitrogen and oxygen atoms in total. The average Bonchev–Trinajstić information content (AvgIpc) is 2.35. The molecule has 1 N–H and O–H groups in total. The van der Waals surface area contributed by atoms with Gasteiger partial charge >= 0.3 is 0 Å². The molecule has 0 heterocycles. The van der Waals surface area contributed by atoms with Crippen LogP contribution in [0.3, 0.4) is 0 Å². The molecule has 0 bridgehead atoms. The Kier molecular flexibility index (Phi) is 4.01. The molecule has 1 aromatic carbocycles. The first-order valence-corrected chi connectivity index (χ1v) is 5.03. The van der Waals surface area contributed by atoms with E-state index in [9.17, 15) is 10.1 Å². The second-order valence-electron chi connectivity index (χ2n) is 3.71. The molecule has 0 aliphatic heterocycles. The molecule has 0 amide bonds. The maximum atomic E-state index is 10.9. The van der Waals surface area contributed by atoms with Crippen molar-refractivity contribution in [3.8, 4) is 6.07 Å². The fraction of sp³-hybridized carbons (Fsp3) is 0.364. The summed E-state index contributed by atoms with van der Waals surface area (Å²) in [6.45, 7) is 1.62. The smallest absolute Gasteiger partial charge is 0.292 e. The van der Waals surface area contributed by atoms with Crippen LogP contribution < -0.4 is 4.90 Å². The van der Waals surface area contributed by atoms with Crippen LogP contribution in [0.1, 0.15) is 12.5 Å². The molecule has 0 fully saturated rings. The quantitative estimate of drug-likeness (QED) is 0.627. The predicted octanol–water partition coefficient (Wildman–Crippen LogP) is 1.28. The molecule has 6 heteroatoms. The van der Waals surface area contributed by atoms with E-state index in [4.69, 9.17) is 10.4 Å². The fourth-order valence-electron chi connectivity index (χ4n) is 1.39. The fourth-order valence-corrected chi connectivity index (χ4v) is 1.39. The molecule has 0 saturated carbocycles. The van der Waals surface area contributed by atoms with Crippen LogP contribution in [0.25, 0.3) is 0 Å². The van der Waals surface area contributed by atoms with Crippen molar-refractivity contribution in [2.45, 2.75) is 13.0 Å². The largest absolute Gasteiger partial charge is 0.394 e. The highest BCUT2D eigenvalue weighted by Gasteiger charge is 2.20. The van der Waals surface area contributed by atoms with E-state index in [1.54, 1.807) is 18.9 Å². The van der Waals surface area contributed by atoms with Crippen molar-refractivity contribution in [1.29, 1.82) is 5.26 Å². The van der Waals surface area contributed by atoms with Gasteiger partial charge in [-0.25, -0.2) is 0 Å². The Hall–Kier alpha value is -2.13. The Morgan fingerprint density at radius 1 is 1.65 bits per heavy atom. The minimum atomic E-state index is -0.503. The van der Waals surface area contributed by atoms with Crippen LogP contribution in [-0.4, -0.2) is 29.7 Å². The van der Waals surface area contributed by atoms with E-state index in [2.05, 4.69) is 0 Å². The van der Waals surface area contributed by atoms with Gasteiger partial charge in [-0.05, 0) is 19.1 Å². The van der Waals surface area contributed by atoms with E-state index < -0.39 is 4.92 Å². The number of nitriles is 1. The van der Waals surface area contributed by atoms with Crippen molar-refractivity contribution >= 4 is 11.4 Å². The number of aliphatic hydroxyl groups excluding tert-OH is 1. The summed E-state index contributed by atoms with van der Waals surface area (Å²) >= 11 is 0. The lowest BCUT2D eigenvalue weighted by Crippen LogP contribution is -2.32. The van der Waals surface area contributed by atoms with Gasteiger partial charge in [-0.15, -0.1) is 0 Å². The first kappa shape index (κ1) is 12.9. The Morgan fingerprint density at radius 2 is 2.29 bits per heavy atom. The third-order valence-corrected chi connectivity index (χ3v) is 2.61. The zero-order valence-electron chi connectivity index (χ0n) is 9.62. The van der Waals surface area contributed by atoms with E-state index in [-0.39, 0.29) is 18.3 Å². The van der Waals surface area contributed by atoms with Gasteiger partial charge in [0, 0.05) is 19.2 Å². The molecule has 90 valence electrons. The Morgan fingerprint density at radius 3 is 2.76 bits per heavy atom. The number of hydrogen-bond donors (Lipinski definition) is 1. The molecule has 0 aliphatic rings. The Balaban J connectivity index is 3.27. The van der Waals surface area contributed by atoms with Crippen LogP contribution in [0.2, 0.25) is 0 Å². The second kappa shape index (κ2) is 5.27. The minimum absolute atomic E-state index is 0.0770. The molecule has 17 heavy (non-hydrogen) atoms. The van der Waals surface area contributed by atoms with Crippen molar-refractivity contribution in [2.24, 2.45) is 0 Å². The summed E-state index contributed by atoms with van der Waals surface area (Å²) < 4.78 is 0. The molecule has 0 radical (unpaired) electrons. The second-order valence-corrected chi connectivity index (χ2v) is 3.71. The highest BCUT2D eigenvalue weighted by atomic mass is 16.6. The number of hydrogen-bond acceptors (Lipinski definition) is 5. The third kappa shape index (κ3) is 2.71. The number of benzene rings is 1. The summed E-state index contributed by atoms with van der Waals surface area (Å²) in [5, 5.41) is 28.7. The molecule has 1 atom stereocenters. The van der Waals surface area contributed by atoms with E-state index in [0.717, 1.165) is 0 Å². The zero-order chi connectivity index (χ0) is 13.0. The number of anilines is 1. The lowest BCUT2D eigenvalue weighted by molar-refractivity contribution is -0.384. The molecular weight excluding hydrogens is 222 g/mol. The molecular formula is C11H13N3O3. The number of nitro benzene ring substituents is 1. The first-order valence-electron chi connectivity index (χ1n) is 5.03. The molecule has 0 aliphatic carbocycles. The molecule has 0 saturated heterocycles. The summed E-state index contributed by atoms with van der Waals surface area (Å²) in [6.07, 6.45) is 0. The van der Waals surface area contributed by atoms with Crippen LogP contribution >= 0.6 is 0 Å².